The third kappa shape index (κ3) is 2.46. The molecule has 0 amide bonds. The highest BCUT2D eigenvalue weighted by molar-refractivity contribution is 5.84. The predicted octanol–water partition coefficient (Wildman–Crippen LogP) is 2.00. The molecule has 0 spiro atoms. The fourth-order valence-corrected chi connectivity index (χ4v) is 3.03. The highest BCUT2D eigenvalue weighted by Gasteiger charge is 2.36. The molecule has 3 nitrogen and oxygen atoms in total. The SMILES string of the molecule is COC1(C)CCCN(C2CCCCC2=O)C1. The number of likely N-dealkylation sites (tertiary alicyclic amines) is 1. The van der Waals surface area contributed by atoms with Gasteiger partial charge in [0.2, 0.25) is 0 Å². The maximum absolute atomic E-state index is 11.9. The summed E-state index contributed by atoms with van der Waals surface area (Å²) in [5, 5.41) is 0. The van der Waals surface area contributed by atoms with E-state index in [0.29, 0.717) is 5.78 Å². The van der Waals surface area contributed by atoms with Gasteiger partial charge in [0.1, 0.15) is 5.78 Å². The van der Waals surface area contributed by atoms with Crippen molar-refractivity contribution in [2.75, 3.05) is 20.2 Å². The van der Waals surface area contributed by atoms with E-state index in [2.05, 4.69) is 11.8 Å². The molecule has 92 valence electrons. The first-order valence-corrected chi connectivity index (χ1v) is 6.46. The van der Waals surface area contributed by atoms with Crippen LogP contribution in [0.1, 0.15) is 45.4 Å². The van der Waals surface area contributed by atoms with Gasteiger partial charge in [0.05, 0.1) is 11.6 Å². The van der Waals surface area contributed by atoms with Crippen molar-refractivity contribution in [1.82, 2.24) is 4.90 Å². The molecular weight excluding hydrogens is 202 g/mol. The van der Waals surface area contributed by atoms with E-state index >= 15 is 0 Å². The number of nitrogens with zero attached hydrogens (tertiary/aromatic N) is 1. The Morgan fingerprint density at radius 2 is 2.19 bits per heavy atom. The van der Waals surface area contributed by atoms with E-state index in [1.807, 2.05) is 0 Å². The summed E-state index contributed by atoms with van der Waals surface area (Å²) in [6, 6.07) is 0.184. The maximum atomic E-state index is 11.9. The summed E-state index contributed by atoms with van der Waals surface area (Å²) in [5.74, 6) is 0.451. The Balaban J connectivity index is 2.00. The predicted molar refractivity (Wildman–Crippen MR) is 63.5 cm³/mol. The lowest BCUT2D eigenvalue weighted by atomic mass is 9.88. The normalized spacial score (nSPS) is 37.6. The second-order valence-corrected chi connectivity index (χ2v) is 5.46. The zero-order chi connectivity index (χ0) is 11.6. The van der Waals surface area contributed by atoms with Crippen molar-refractivity contribution in [3.63, 3.8) is 0 Å². The van der Waals surface area contributed by atoms with E-state index in [-0.39, 0.29) is 11.6 Å². The van der Waals surface area contributed by atoms with E-state index in [9.17, 15) is 4.79 Å². The van der Waals surface area contributed by atoms with Gasteiger partial charge in [-0.2, -0.15) is 0 Å². The van der Waals surface area contributed by atoms with Crippen molar-refractivity contribution in [2.24, 2.45) is 0 Å². The second-order valence-electron chi connectivity index (χ2n) is 5.46. The van der Waals surface area contributed by atoms with E-state index < -0.39 is 0 Å². The first-order valence-electron chi connectivity index (χ1n) is 6.46. The molecule has 0 aromatic rings. The number of carbonyl (C=O) groups excluding carboxylic acids is 1. The first-order chi connectivity index (χ1) is 7.64. The average Bonchev–Trinajstić information content (AvgIpc) is 2.30. The molecule has 0 aromatic heterocycles. The number of Topliss-reactive ketones (excluding diaryl/α,β-unsaturated/α-hetero) is 1. The number of ether oxygens (including phenoxy) is 1. The maximum Gasteiger partial charge on any atom is 0.149 e. The Labute approximate surface area is 98.1 Å². The van der Waals surface area contributed by atoms with Crippen LogP contribution in [0.5, 0.6) is 0 Å². The Hall–Kier alpha value is -0.410. The zero-order valence-corrected chi connectivity index (χ0v) is 10.5. The van der Waals surface area contributed by atoms with E-state index in [0.717, 1.165) is 45.2 Å². The van der Waals surface area contributed by atoms with E-state index in [1.54, 1.807) is 7.11 Å². The molecule has 16 heavy (non-hydrogen) atoms. The minimum atomic E-state index is -0.0457. The summed E-state index contributed by atoms with van der Waals surface area (Å²) in [4.78, 5) is 14.3. The summed E-state index contributed by atoms with van der Waals surface area (Å²) in [7, 11) is 1.78. The Morgan fingerprint density at radius 1 is 1.38 bits per heavy atom. The molecule has 2 atom stereocenters. The molecule has 0 radical (unpaired) electrons. The summed E-state index contributed by atoms with van der Waals surface area (Å²) >= 11 is 0. The van der Waals surface area contributed by atoms with Crippen molar-refractivity contribution in [3.05, 3.63) is 0 Å². The van der Waals surface area contributed by atoms with Crippen molar-refractivity contribution in [3.8, 4) is 0 Å². The lowest BCUT2D eigenvalue weighted by Gasteiger charge is -2.43. The number of hydrogen-bond acceptors (Lipinski definition) is 3. The lowest BCUT2D eigenvalue weighted by molar-refractivity contribution is -0.130. The van der Waals surface area contributed by atoms with Crippen LogP contribution in [0.3, 0.4) is 0 Å². The average molecular weight is 225 g/mol. The van der Waals surface area contributed by atoms with Gasteiger partial charge in [0.25, 0.3) is 0 Å². The van der Waals surface area contributed by atoms with E-state index in [4.69, 9.17) is 4.74 Å². The molecule has 1 heterocycles. The molecule has 1 saturated carbocycles. The fraction of sp³-hybridized carbons (Fsp3) is 0.923. The highest BCUT2D eigenvalue weighted by atomic mass is 16.5. The van der Waals surface area contributed by atoms with Gasteiger partial charge < -0.3 is 4.74 Å². The molecule has 0 N–H and O–H groups in total. The van der Waals surface area contributed by atoms with Gasteiger partial charge in [-0.15, -0.1) is 0 Å². The number of rotatable bonds is 2. The van der Waals surface area contributed by atoms with Gasteiger partial charge in [-0.25, -0.2) is 0 Å². The van der Waals surface area contributed by atoms with Crippen LogP contribution in [0.2, 0.25) is 0 Å². The van der Waals surface area contributed by atoms with Gasteiger partial charge in [0, 0.05) is 20.1 Å². The van der Waals surface area contributed by atoms with Crippen LogP contribution >= 0.6 is 0 Å². The Bertz CT molecular complexity index is 267. The number of ketones is 1. The van der Waals surface area contributed by atoms with Crippen LogP contribution in [0.15, 0.2) is 0 Å². The van der Waals surface area contributed by atoms with Crippen LogP contribution in [0.4, 0.5) is 0 Å². The Morgan fingerprint density at radius 3 is 2.88 bits per heavy atom. The monoisotopic (exact) mass is 225 g/mol. The van der Waals surface area contributed by atoms with Crippen LogP contribution in [-0.2, 0) is 9.53 Å². The second kappa shape index (κ2) is 4.84. The number of piperidine rings is 1. The van der Waals surface area contributed by atoms with Gasteiger partial charge in [-0.05, 0) is 39.2 Å². The van der Waals surface area contributed by atoms with Crippen LogP contribution in [-0.4, -0.2) is 42.5 Å². The smallest absolute Gasteiger partial charge is 0.149 e. The standard InChI is InChI=1S/C13H23NO2/c1-13(16-2)8-5-9-14(10-13)11-6-3-4-7-12(11)15/h11H,3-10H2,1-2H3. The number of methoxy groups -OCH3 is 1. The topological polar surface area (TPSA) is 29.5 Å². The molecule has 3 heteroatoms. The lowest BCUT2D eigenvalue weighted by Crippen LogP contribution is -2.54. The summed E-state index contributed by atoms with van der Waals surface area (Å²) in [5.41, 5.74) is -0.0457. The highest BCUT2D eigenvalue weighted by Crippen LogP contribution is 2.28. The van der Waals surface area contributed by atoms with Gasteiger partial charge >= 0.3 is 0 Å². The van der Waals surface area contributed by atoms with Gasteiger partial charge in [-0.1, -0.05) is 6.42 Å². The van der Waals surface area contributed by atoms with E-state index in [1.165, 1.54) is 6.42 Å². The molecule has 1 aliphatic carbocycles. The molecule has 2 fully saturated rings. The zero-order valence-electron chi connectivity index (χ0n) is 10.5. The molecule has 2 unspecified atom stereocenters. The summed E-state index contributed by atoms with van der Waals surface area (Å²) < 4.78 is 5.58. The molecule has 0 aromatic carbocycles. The molecule has 0 bridgehead atoms. The Kier molecular flexibility index (Phi) is 3.65. The molecule has 1 aliphatic heterocycles. The largest absolute Gasteiger partial charge is 0.377 e. The van der Waals surface area contributed by atoms with Gasteiger partial charge in [-0.3, -0.25) is 9.69 Å². The van der Waals surface area contributed by atoms with Crippen molar-refractivity contribution < 1.29 is 9.53 Å². The molecule has 1 saturated heterocycles. The molecule has 2 aliphatic rings. The van der Waals surface area contributed by atoms with Crippen LogP contribution in [0, 0.1) is 0 Å². The number of carbonyl (C=O) groups is 1. The molecule has 2 rings (SSSR count). The van der Waals surface area contributed by atoms with Crippen LogP contribution < -0.4 is 0 Å². The minimum Gasteiger partial charge on any atom is -0.377 e. The third-order valence-corrected chi connectivity index (χ3v) is 4.14. The third-order valence-electron chi connectivity index (χ3n) is 4.14. The quantitative estimate of drug-likeness (QED) is 0.720. The molecular formula is C13H23NO2. The summed E-state index contributed by atoms with van der Waals surface area (Å²) in [6.07, 6.45) is 6.39. The van der Waals surface area contributed by atoms with Crippen LogP contribution in [0.25, 0.3) is 0 Å². The summed E-state index contributed by atoms with van der Waals surface area (Å²) in [6.45, 7) is 4.14. The van der Waals surface area contributed by atoms with Crippen molar-refractivity contribution in [2.45, 2.75) is 57.1 Å². The van der Waals surface area contributed by atoms with Crippen molar-refractivity contribution >= 4 is 5.78 Å². The van der Waals surface area contributed by atoms with Crippen molar-refractivity contribution in [1.29, 1.82) is 0 Å². The van der Waals surface area contributed by atoms with Gasteiger partial charge in [0.15, 0.2) is 0 Å². The first kappa shape index (κ1) is 12.1. The minimum absolute atomic E-state index is 0.0457. The fourth-order valence-electron chi connectivity index (χ4n) is 3.03. The number of hydrogen-bond donors (Lipinski definition) is 0.